The maximum Gasteiger partial charge on any atom is 0.0316 e. The van der Waals surface area contributed by atoms with Gasteiger partial charge in [-0.1, -0.05) is 44.2 Å². The summed E-state index contributed by atoms with van der Waals surface area (Å²) in [4.78, 5) is 2.64. The van der Waals surface area contributed by atoms with Crippen molar-refractivity contribution in [2.24, 2.45) is 5.92 Å². The molecule has 2 aliphatic rings. The quantitative estimate of drug-likeness (QED) is 0.465. The van der Waals surface area contributed by atoms with Crippen LogP contribution in [-0.2, 0) is 0 Å². The van der Waals surface area contributed by atoms with Crippen molar-refractivity contribution in [2.75, 3.05) is 26.7 Å². The van der Waals surface area contributed by atoms with E-state index in [0.717, 1.165) is 18.7 Å². The Hall–Kier alpha value is -1.48. The molecule has 3 heteroatoms. The van der Waals surface area contributed by atoms with Crippen molar-refractivity contribution < 1.29 is 0 Å². The zero-order valence-electron chi connectivity index (χ0n) is 17.7. The molecule has 2 rings (SSSR count). The first-order valence-electron chi connectivity index (χ1n) is 11.0. The largest absolute Gasteiger partial charge is 0.392 e. The van der Waals surface area contributed by atoms with E-state index in [0.29, 0.717) is 12.0 Å². The number of allylic oxidation sites excluding steroid dienone is 4. The molecule has 0 amide bonds. The van der Waals surface area contributed by atoms with Gasteiger partial charge >= 0.3 is 0 Å². The molecule has 0 bridgehead atoms. The van der Waals surface area contributed by atoms with E-state index < -0.39 is 0 Å². The molecule has 27 heavy (non-hydrogen) atoms. The molecule has 1 unspecified atom stereocenters. The number of hydrogen-bond acceptors (Lipinski definition) is 3. The van der Waals surface area contributed by atoms with Crippen molar-refractivity contribution in [3.63, 3.8) is 0 Å². The highest BCUT2D eigenvalue weighted by atomic mass is 15.2. The smallest absolute Gasteiger partial charge is 0.0316 e. The first kappa shape index (κ1) is 21.8. The molecule has 1 atom stereocenters. The van der Waals surface area contributed by atoms with E-state index in [-0.39, 0.29) is 0 Å². The van der Waals surface area contributed by atoms with Crippen molar-refractivity contribution in [1.29, 1.82) is 0 Å². The first-order chi connectivity index (χ1) is 13.1. The summed E-state index contributed by atoms with van der Waals surface area (Å²) in [5.74, 6) is 0.642. The second kappa shape index (κ2) is 12.1. The lowest BCUT2D eigenvalue weighted by Gasteiger charge is -2.37. The maximum absolute atomic E-state index is 4.33. The summed E-state index contributed by atoms with van der Waals surface area (Å²) in [6, 6.07) is 0.558. The van der Waals surface area contributed by atoms with Crippen LogP contribution >= 0.6 is 0 Å². The number of likely N-dealkylation sites (tertiary alicyclic amines) is 1. The first-order valence-corrected chi connectivity index (χ1v) is 11.0. The summed E-state index contributed by atoms with van der Waals surface area (Å²) >= 11 is 0. The van der Waals surface area contributed by atoms with Crippen LogP contribution in [0.25, 0.3) is 0 Å². The summed E-state index contributed by atoms with van der Waals surface area (Å²) in [5, 5.41) is 6.72. The van der Waals surface area contributed by atoms with E-state index in [9.17, 15) is 0 Å². The van der Waals surface area contributed by atoms with Crippen LogP contribution in [0.2, 0.25) is 0 Å². The molecule has 0 saturated carbocycles. The van der Waals surface area contributed by atoms with Gasteiger partial charge in [0.2, 0.25) is 0 Å². The summed E-state index contributed by atoms with van der Waals surface area (Å²) in [6.45, 7) is 14.1. The molecule has 1 fully saturated rings. The highest BCUT2D eigenvalue weighted by Crippen LogP contribution is 2.26. The predicted octanol–water partition coefficient (Wildman–Crippen LogP) is 5.15. The Morgan fingerprint density at radius 1 is 1.15 bits per heavy atom. The topological polar surface area (TPSA) is 27.3 Å². The minimum atomic E-state index is 0.558. The van der Waals surface area contributed by atoms with Gasteiger partial charge in [0, 0.05) is 36.9 Å². The summed E-state index contributed by atoms with van der Waals surface area (Å²) in [6.07, 6.45) is 18.1. The van der Waals surface area contributed by atoms with Crippen LogP contribution in [-0.4, -0.2) is 37.6 Å². The normalized spacial score (nSPS) is 19.4. The molecular formula is C24H41N3. The van der Waals surface area contributed by atoms with E-state index in [4.69, 9.17) is 0 Å². The van der Waals surface area contributed by atoms with Gasteiger partial charge in [0.25, 0.3) is 0 Å². The fourth-order valence-electron chi connectivity index (χ4n) is 4.12. The van der Waals surface area contributed by atoms with Gasteiger partial charge in [0.15, 0.2) is 0 Å². The Bertz CT molecular complexity index is 524. The molecule has 0 aromatic carbocycles. The van der Waals surface area contributed by atoms with Crippen molar-refractivity contribution in [3.8, 4) is 0 Å². The summed E-state index contributed by atoms with van der Waals surface area (Å²) in [5.41, 5.74) is 3.93. The van der Waals surface area contributed by atoms with Gasteiger partial charge in [-0.15, -0.1) is 0 Å². The average Bonchev–Trinajstić information content (AvgIpc) is 2.72. The van der Waals surface area contributed by atoms with Crippen molar-refractivity contribution in [2.45, 2.75) is 70.8 Å². The number of hydrogen-bond donors (Lipinski definition) is 2. The average molecular weight is 372 g/mol. The van der Waals surface area contributed by atoms with Crippen LogP contribution < -0.4 is 10.6 Å². The van der Waals surface area contributed by atoms with Gasteiger partial charge < -0.3 is 10.6 Å². The Labute approximate surface area is 167 Å². The fraction of sp³-hybridized carbons (Fsp3) is 0.667. The third-order valence-electron chi connectivity index (χ3n) is 6.19. The Kier molecular flexibility index (Phi) is 9.75. The molecule has 0 spiro atoms. The number of nitrogens with one attached hydrogen (secondary N) is 2. The van der Waals surface area contributed by atoms with Crippen LogP contribution in [0.5, 0.6) is 0 Å². The number of piperidine rings is 1. The van der Waals surface area contributed by atoms with Gasteiger partial charge in [-0.3, -0.25) is 4.90 Å². The second-order valence-electron chi connectivity index (χ2n) is 8.14. The molecule has 2 N–H and O–H groups in total. The Balaban J connectivity index is 1.56. The van der Waals surface area contributed by atoms with Crippen LogP contribution in [0.3, 0.4) is 0 Å². The van der Waals surface area contributed by atoms with Gasteiger partial charge in [0.1, 0.15) is 0 Å². The molecule has 1 aliphatic carbocycles. The maximum atomic E-state index is 4.33. The number of nitrogens with zero attached hydrogens (tertiary/aromatic N) is 1. The monoisotopic (exact) mass is 371 g/mol. The summed E-state index contributed by atoms with van der Waals surface area (Å²) < 4.78 is 0. The summed E-state index contributed by atoms with van der Waals surface area (Å²) in [7, 11) is 1.95. The molecule has 1 saturated heterocycles. The third kappa shape index (κ3) is 7.57. The van der Waals surface area contributed by atoms with Gasteiger partial charge in [0.05, 0.1) is 0 Å². The van der Waals surface area contributed by atoms with Crippen molar-refractivity contribution in [1.82, 2.24) is 15.5 Å². The molecule has 0 aromatic rings. The van der Waals surface area contributed by atoms with E-state index in [1.807, 2.05) is 7.05 Å². The van der Waals surface area contributed by atoms with Crippen molar-refractivity contribution >= 4 is 0 Å². The minimum absolute atomic E-state index is 0.558. The van der Waals surface area contributed by atoms with Crippen LogP contribution in [0.4, 0.5) is 0 Å². The molecular weight excluding hydrogens is 330 g/mol. The molecule has 0 radical (unpaired) electrons. The standard InChI is InChI=1S/C24H41N3/c1-20(25-4)12-8-5-6-11-17-26-21(2)23-15-18-27(19-16-23)22(3)24-13-9-7-10-14-24/h9,13-14,22-23,25-26H,1-2,5-8,10-12,15-19H2,3-4H3. The predicted molar refractivity (Wildman–Crippen MR) is 119 cm³/mol. The van der Waals surface area contributed by atoms with Gasteiger partial charge in [-0.25, -0.2) is 0 Å². The highest BCUT2D eigenvalue weighted by molar-refractivity contribution is 5.27. The van der Waals surface area contributed by atoms with E-state index >= 15 is 0 Å². The molecule has 0 aromatic heterocycles. The lowest BCUT2D eigenvalue weighted by Crippen LogP contribution is -2.42. The third-order valence-corrected chi connectivity index (χ3v) is 6.19. The van der Waals surface area contributed by atoms with Gasteiger partial charge in [-0.2, -0.15) is 0 Å². The van der Waals surface area contributed by atoms with Crippen LogP contribution in [0, 0.1) is 5.92 Å². The van der Waals surface area contributed by atoms with Crippen LogP contribution in [0.15, 0.2) is 48.4 Å². The minimum Gasteiger partial charge on any atom is -0.392 e. The second-order valence-corrected chi connectivity index (χ2v) is 8.14. The molecule has 1 heterocycles. The van der Waals surface area contributed by atoms with Crippen LogP contribution in [0.1, 0.15) is 64.7 Å². The van der Waals surface area contributed by atoms with Gasteiger partial charge in [-0.05, 0) is 70.5 Å². The fourth-order valence-corrected chi connectivity index (χ4v) is 4.12. The molecule has 3 nitrogen and oxygen atoms in total. The SMILES string of the molecule is C=C(CCCCCCNC(=C)C1CCN(C(C)C2=CCCC=C2)CC1)NC. The highest BCUT2D eigenvalue weighted by Gasteiger charge is 2.25. The zero-order chi connectivity index (χ0) is 19.5. The zero-order valence-corrected chi connectivity index (χ0v) is 17.7. The van der Waals surface area contributed by atoms with Crippen molar-refractivity contribution in [3.05, 3.63) is 48.4 Å². The number of rotatable bonds is 12. The number of unbranched alkanes of at least 4 members (excludes halogenated alkanes) is 3. The lowest BCUT2D eigenvalue weighted by molar-refractivity contribution is 0.168. The lowest BCUT2D eigenvalue weighted by atomic mass is 9.91. The molecule has 152 valence electrons. The van der Waals surface area contributed by atoms with E-state index in [2.05, 4.69) is 53.8 Å². The van der Waals surface area contributed by atoms with E-state index in [1.165, 1.54) is 75.7 Å². The Morgan fingerprint density at radius 2 is 1.89 bits per heavy atom. The van der Waals surface area contributed by atoms with E-state index in [1.54, 1.807) is 0 Å². The Morgan fingerprint density at radius 3 is 2.56 bits per heavy atom. The molecule has 1 aliphatic heterocycles.